The van der Waals surface area contributed by atoms with Gasteiger partial charge in [-0.2, -0.15) is 12.6 Å². The summed E-state index contributed by atoms with van der Waals surface area (Å²) in [5.74, 6) is -5.53. The number of thiol groups is 1. The molecule has 0 saturated carbocycles. The molecule has 16 heteroatoms. The Morgan fingerprint density at radius 2 is 1.53 bits per heavy atom. The molecule has 15 nitrogen and oxygen atoms in total. The maximum Gasteiger partial charge on any atom is 0.326 e. The number of nitrogens with zero attached hydrogens (tertiary/aromatic N) is 1. The number of carbonyl (C=O) groups excluding carboxylic acids is 3. The predicted octanol–water partition coefficient (Wildman–Crippen LogP) is -3.92. The van der Waals surface area contributed by atoms with Gasteiger partial charge in [-0.25, -0.2) is 4.79 Å². The molecule has 34 heavy (non-hydrogen) atoms. The second-order valence-corrected chi connectivity index (χ2v) is 7.72. The Labute approximate surface area is 201 Å². The van der Waals surface area contributed by atoms with Gasteiger partial charge in [0, 0.05) is 18.7 Å². The second-order valence-electron chi connectivity index (χ2n) is 7.36. The molecule has 0 fully saturated rings. The van der Waals surface area contributed by atoms with Crippen LogP contribution in [0.4, 0.5) is 0 Å². The highest BCUT2D eigenvalue weighted by Crippen LogP contribution is 2.03. The molecular weight excluding hydrogens is 474 g/mol. The number of aliphatic carboxylic acids is 2. The van der Waals surface area contributed by atoms with E-state index in [0.29, 0.717) is 0 Å². The summed E-state index contributed by atoms with van der Waals surface area (Å²) in [7, 11) is 0. The van der Waals surface area contributed by atoms with Crippen LogP contribution < -0.4 is 33.2 Å². The normalized spacial score (nSPS) is 15.1. The fraction of sp³-hybridized carbons (Fsp3) is 0.667. The molecule has 0 aliphatic carbocycles. The molecule has 0 heterocycles. The number of hydrogen-bond donors (Lipinski definition) is 10. The Bertz CT molecular complexity index is 761. The van der Waals surface area contributed by atoms with Crippen molar-refractivity contribution in [2.24, 2.45) is 22.2 Å². The minimum absolute atomic E-state index is 0.0259. The zero-order valence-electron chi connectivity index (χ0n) is 18.6. The summed E-state index contributed by atoms with van der Waals surface area (Å²) in [6.07, 6.45) is -1.74. The van der Waals surface area contributed by atoms with Crippen LogP contribution in [0.2, 0.25) is 0 Å². The summed E-state index contributed by atoms with van der Waals surface area (Å²) >= 11 is 3.97. The topological polar surface area (TPSA) is 273 Å². The summed E-state index contributed by atoms with van der Waals surface area (Å²) in [4.78, 5) is 63.0. The van der Waals surface area contributed by atoms with Crippen LogP contribution in [-0.2, 0) is 24.0 Å². The first-order valence-electron chi connectivity index (χ1n) is 10.3. The van der Waals surface area contributed by atoms with Crippen LogP contribution >= 0.6 is 12.6 Å². The molecule has 0 radical (unpaired) electrons. The van der Waals surface area contributed by atoms with Crippen LogP contribution in [0.5, 0.6) is 0 Å². The minimum atomic E-state index is -1.55. The van der Waals surface area contributed by atoms with E-state index in [2.05, 4.69) is 33.6 Å². The number of nitrogens with two attached hydrogens (primary N) is 3. The summed E-state index contributed by atoms with van der Waals surface area (Å²) in [6.45, 7) is 1.34. The van der Waals surface area contributed by atoms with Gasteiger partial charge >= 0.3 is 11.9 Å². The quantitative estimate of drug-likeness (QED) is 0.0417. The molecular formula is C18H33N7O8S. The number of rotatable bonds is 16. The SMILES string of the molecule is CC(O)C(NC(=O)C(CS)NC(=O)C(N)CCC(=O)O)C(=O)NC(CCCN=C(N)N)C(=O)O. The first-order valence-corrected chi connectivity index (χ1v) is 10.9. The number of aliphatic imine (C=N–C) groups is 1. The molecule has 0 spiro atoms. The Hall–Kier alpha value is -3.11. The summed E-state index contributed by atoms with van der Waals surface area (Å²) in [6, 6.07) is -5.35. The van der Waals surface area contributed by atoms with Crippen LogP contribution in [-0.4, -0.2) is 93.5 Å². The predicted molar refractivity (Wildman–Crippen MR) is 124 cm³/mol. The summed E-state index contributed by atoms with van der Waals surface area (Å²) < 4.78 is 0. The van der Waals surface area contributed by atoms with Crippen molar-refractivity contribution < 1.29 is 39.3 Å². The monoisotopic (exact) mass is 507 g/mol. The molecule has 0 aliphatic heterocycles. The lowest BCUT2D eigenvalue weighted by Gasteiger charge is -2.26. The van der Waals surface area contributed by atoms with E-state index in [-0.39, 0.29) is 43.9 Å². The van der Waals surface area contributed by atoms with Crippen molar-refractivity contribution >= 4 is 48.2 Å². The number of carboxylic acid groups (broad SMARTS) is 2. The third-order valence-corrected chi connectivity index (χ3v) is 4.81. The van der Waals surface area contributed by atoms with Crippen molar-refractivity contribution in [2.75, 3.05) is 12.3 Å². The lowest BCUT2D eigenvalue weighted by molar-refractivity contribution is -0.143. The maximum atomic E-state index is 12.6. The lowest BCUT2D eigenvalue weighted by Crippen LogP contribution is -2.60. The van der Waals surface area contributed by atoms with Crippen LogP contribution in [0.15, 0.2) is 4.99 Å². The molecule has 0 bridgehead atoms. The molecule has 0 aromatic carbocycles. The first-order chi connectivity index (χ1) is 15.8. The fourth-order valence-corrected chi connectivity index (χ4v) is 2.82. The van der Waals surface area contributed by atoms with Gasteiger partial charge in [-0.05, 0) is 26.2 Å². The number of amides is 3. The molecule has 3 amide bonds. The summed E-state index contributed by atoms with van der Waals surface area (Å²) in [5, 5.41) is 34.7. The van der Waals surface area contributed by atoms with E-state index >= 15 is 0 Å². The number of carboxylic acids is 2. The first kappa shape index (κ1) is 30.9. The molecule has 12 N–H and O–H groups in total. The van der Waals surface area contributed by atoms with Gasteiger partial charge in [-0.3, -0.25) is 24.2 Å². The van der Waals surface area contributed by atoms with Gasteiger partial charge in [0.1, 0.15) is 18.1 Å². The second kappa shape index (κ2) is 15.7. The van der Waals surface area contributed by atoms with Crippen molar-refractivity contribution in [2.45, 2.75) is 62.9 Å². The Morgan fingerprint density at radius 3 is 2.00 bits per heavy atom. The highest BCUT2D eigenvalue weighted by Gasteiger charge is 2.32. The summed E-state index contributed by atoms with van der Waals surface area (Å²) in [5.41, 5.74) is 16.0. The van der Waals surface area contributed by atoms with Gasteiger partial charge in [-0.1, -0.05) is 0 Å². The van der Waals surface area contributed by atoms with Crippen molar-refractivity contribution in [3.8, 4) is 0 Å². The maximum absolute atomic E-state index is 12.6. The molecule has 194 valence electrons. The van der Waals surface area contributed by atoms with E-state index in [4.69, 9.17) is 22.3 Å². The van der Waals surface area contributed by atoms with E-state index in [1.54, 1.807) is 0 Å². The van der Waals surface area contributed by atoms with Crippen LogP contribution in [0.25, 0.3) is 0 Å². The minimum Gasteiger partial charge on any atom is -0.481 e. The van der Waals surface area contributed by atoms with Gasteiger partial charge in [0.2, 0.25) is 17.7 Å². The zero-order valence-corrected chi connectivity index (χ0v) is 19.5. The van der Waals surface area contributed by atoms with Crippen molar-refractivity contribution in [1.29, 1.82) is 0 Å². The third kappa shape index (κ3) is 12.2. The fourth-order valence-electron chi connectivity index (χ4n) is 2.56. The van der Waals surface area contributed by atoms with Gasteiger partial charge in [-0.15, -0.1) is 0 Å². The molecule has 5 atom stereocenters. The number of carbonyl (C=O) groups is 5. The number of nitrogens with one attached hydrogen (secondary N) is 3. The number of aliphatic hydroxyl groups excluding tert-OH is 1. The number of guanidine groups is 1. The van der Waals surface area contributed by atoms with Gasteiger partial charge in [0.05, 0.1) is 12.1 Å². The molecule has 0 saturated heterocycles. The average Bonchev–Trinajstić information content (AvgIpc) is 2.74. The molecule has 0 rings (SSSR count). The lowest BCUT2D eigenvalue weighted by atomic mass is 10.1. The largest absolute Gasteiger partial charge is 0.481 e. The number of hydrogen-bond acceptors (Lipinski definition) is 9. The molecule has 0 aliphatic rings. The van der Waals surface area contributed by atoms with Crippen molar-refractivity contribution in [1.82, 2.24) is 16.0 Å². The van der Waals surface area contributed by atoms with Crippen molar-refractivity contribution in [3.05, 3.63) is 0 Å². The average molecular weight is 508 g/mol. The van der Waals surface area contributed by atoms with Crippen LogP contribution in [0, 0.1) is 0 Å². The van der Waals surface area contributed by atoms with Crippen molar-refractivity contribution in [3.63, 3.8) is 0 Å². The Morgan fingerprint density at radius 1 is 0.941 bits per heavy atom. The van der Waals surface area contributed by atoms with Gasteiger partial charge < -0.3 is 48.5 Å². The Kier molecular flexibility index (Phi) is 14.2. The molecule has 5 unspecified atom stereocenters. The van der Waals surface area contributed by atoms with E-state index in [0.717, 1.165) is 0 Å². The number of aliphatic hydroxyl groups is 1. The highest BCUT2D eigenvalue weighted by molar-refractivity contribution is 7.80. The Balaban J connectivity index is 5.12. The van der Waals surface area contributed by atoms with E-state index in [9.17, 15) is 34.2 Å². The van der Waals surface area contributed by atoms with E-state index in [1.807, 2.05) is 0 Å². The van der Waals surface area contributed by atoms with Gasteiger partial charge in [0.15, 0.2) is 5.96 Å². The van der Waals surface area contributed by atoms with Crippen LogP contribution in [0.1, 0.15) is 32.6 Å². The highest BCUT2D eigenvalue weighted by atomic mass is 32.1. The van der Waals surface area contributed by atoms with E-state index < -0.39 is 59.9 Å². The van der Waals surface area contributed by atoms with Crippen LogP contribution in [0.3, 0.4) is 0 Å². The standard InChI is InChI=1S/C18H33N7O8S/c1-8(26)13(16(31)23-10(17(32)33)3-2-6-22-18(20)21)25-15(30)11(7-34)24-14(29)9(19)4-5-12(27)28/h8-11,13,26,34H,2-7,19H2,1H3,(H,23,31)(H,24,29)(H,25,30)(H,27,28)(H,32,33)(H4,20,21,22). The molecule has 0 aromatic rings. The smallest absolute Gasteiger partial charge is 0.326 e. The van der Waals surface area contributed by atoms with E-state index in [1.165, 1.54) is 6.92 Å². The zero-order chi connectivity index (χ0) is 26.4. The van der Waals surface area contributed by atoms with Gasteiger partial charge in [0.25, 0.3) is 0 Å². The molecule has 0 aromatic heterocycles. The third-order valence-electron chi connectivity index (χ3n) is 4.44.